The molecule has 0 heterocycles. The zero-order valence-corrected chi connectivity index (χ0v) is 5.36. The summed E-state index contributed by atoms with van der Waals surface area (Å²) in [4.78, 5) is 3.94. The summed E-state index contributed by atoms with van der Waals surface area (Å²) in [7, 11) is 0. The molecule has 0 aromatic rings. The zero-order valence-electron chi connectivity index (χ0n) is 5.36. The summed E-state index contributed by atoms with van der Waals surface area (Å²) in [5, 5.41) is 7.90. The fourth-order valence-electron chi connectivity index (χ4n) is 0. The van der Waals surface area contributed by atoms with E-state index < -0.39 is 5.60 Å². The van der Waals surface area contributed by atoms with Gasteiger partial charge in [-0.3, -0.25) is 5.26 Å². The minimum absolute atomic E-state index is 0. The van der Waals surface area contributed by atoms with E-state index in [-0.39, 0.29) is 18.9 Å². The van der Waals surface area contributed by atoms with Crippen LogP contribution in [0.1, 0.15) is 20.8 Å². The molecule has 0 amide bonds. The number of hydrogen-bond donors (Lipinski definition) is 1. The summed E-state index contributed by atoms with van der Waals surface area (Å²) in [5.41, 5.74) is -0.403. The standard InChI is InChI=1S/C4H10O2.Li/c1-4(2,3)6-5;/h5H,1-3H3;/q;+1. The first-order valence-electron chi connectivity index (χ1n) is 1.89. The third-order valence-electron chi connectivity index (χ3n) is 0.274. The Morgan fingerprint density at radius 3 is 1.43 bits per heavy atom. The number of rotatable bonds is 0. The van der Waals surface area contributed by atoms with Crippen LogP contribution >= 0.6 is 0 Å². The van der Waals surface area contributed by atoms with E-state index >= 15 is 0 Å². The Kier molecular flexibility index (Phi) is 5.26. The van der Waals surface area contributed by atoms with Crippen LogP contribution in [0.5, 0.6) is 0 Å². The SMILES string of the molecule is CC(C)(C)OO.[Li+]. The molecule has 38 valence electrons. The third kappa shape index (κ3) is 10.7. The third-order valence-corrected chi connectivity index (χ3v) is 0.274. The first kappa shape index (κ1) is 10.5. The first-order valence-corrected chi connectivity index (χ1v) is 1.89. The zero-order chi connectivity index (χ0) is 5.21. The van der Waals surface area contributed by atoms with E-state index in [1.165, 1.54) is 0 Å². The molecule has 0 radical (unpaired) electrons. The normalized spacial score (nSPS) is 10.3. The molecule has 0 saturated heterocycles. The van der Waals surface area contributed by atoms with Crippen LogP contribution in [0.4, 0.5) is 0 Å². The van der Waals surface area contributed by atoms with Gasteiger partial charge in [0.2, 0.25) is 0 Å². The molecule has 0 saturated carbocycles. The molecule has 1 N–H and O–H groups in total. The van der Waals surface area contributed by atoms with Gasteiger partial charge in [-0.05, 0) is 20.8 Å². The topological polar surface area (TPSA) is 29.5 Å². The first-order chi connectivity index (χ1) is 2.56. The summed E-state index contributed by atoms with van der Waals surface area (Å²) in [5.74, 6) is 0. The molecule has 0 aromatic carbocycles. The Balaban J connectivity index is 0. The van der Waals surface area contributed by atoms with Crippen LogP contribution < -0.4 is 18.9 Å². The molecule has 0 spiro atoms. The average Bonchev–Trinajstić information content (AvgIpc) is 1.35. The minimum Gasteiger partial charge on any atom is -0.251 e. The minimum atomic E-state index is -0.403. The predicted molar refractivity (Wildman–Crippen MR) is 23.5 cm³/mol. The molecule has 0 aliphatic rings. The van der Waals surface area contributed by atoms with Crippen molar-refractivity contribution < 1.29 is 29.0 Å². The Labute approximate surface area is 56.0 Å². The molecule has 0 atom stereocenters. The van der Waals surface area contributed by atoms with Gasteiger partial charge in [0.1, 0.15) is 0 Å². The monoisotopic (exact) mass is 97.1 g/mol. The van der Waals surface area contributed by atoms with Gasteiger partial charge in [0.15, 0.2) is 0 Å². The molecule has 0 bridgehead atoms. The molecule has 0 aliphatic heterocycles. The van der Waals surface area contributed by atoms with Crippen molar-refractivity contribution >= 4 is 0 Å². The van der Waals surface area contributed by atoms with Gasteiger partial charge in [-0.2, -0.15) is 0 Å². The van der Waals surface area contributed by atoms with Gasteiger partial charge >= 0.3 is 18.9 Å². The molecular weight excluding hydrogens is 87.0 g/mol. The van der Waals surface area contributed by atoms with Gasteiger partial charge in [-0.1, -0.05) is 0 Å². The van der Waals surface area contributed by atoms with Crippen LogP contribution in [0.15, 0.2) is 0 Å². The molecule has 0 fully saturated rings. The van der Waals surface area contributed by atoms with Crippen LogP contribution in [0, 0.1) is 0 Å². The van der Waals surface area contributed by atoms with E-state index in [1.807, 2.05) is 0 Å². The Morgan fingerprint density at radius 2 is 1.43 bits per heavy atom. The van der Waals surface area contributed by atoms with Crippen molar-refractivity contribution in [1.29, 1.82) is 0 Å². The summed E-state index contributed by atoms with van der Waals surface area (Å²) in [6.07, 6.45) is 0. The molecule has 0 aromatic heterocycles. The smallest absolute Gasteiger partial charge is 0.251 e. The molecule has 0 rings (SSSR count). The van der Waals surface area contributed by atoms with Crippen LogP contribution in [-0.2, 0) is 4.89 Å². The van der Waals surface area contributed by atoms with Crippen molar-refractivity contribution in [3.8, 4) is 0 Å². The van der Waals surface area contributed by atoms with Crippen LogP contribution in [0.25, 0.3) is 0 Å². The van der Waals surface area contributed by atoms with Crippen LogP contribution in [-0.4, -0.2) is 10.9 Å². The van der Waals surface area contributed by atoms with E-state index in [9.17, 15) is 0 Å². The summed E-state index contributed by atoms with van der Waals surface area (Å²) >= 11 is 0. The maximum Gasteiger partial charge on any atom is 1.00 e. The molecule has 0 unspecified atom stereocenters. The average molecular weight is 97.1 g/mol. The molecule has 3 heteroatoms. The molecule has 2 nitrogen and oxygen atoms in total. The van der Waals surface area contributed by atoms with Crippen molar-refractivity contribution in [3.63, 3.8) is 0 Å². The summed E-state index contributed by atoms with van der Waals surface area (Å²) in [6.45, 7) is 5.31. The van der Waals surface area contributed by atoms with Crippen molar-refractivity contribution in [2.45, 2.75) is 26.4 Å². The predicted octanol–water partition coefficient (Wildman–Crippen LogP) is -1.72. The Hall–Kier alpha value is 0.517. The fraction of sp³-hybridized carbons (Fsp3) is 1.00. The van der Waals surface area contributed by atoms with Gasteiger partial charge in [0.25, 0.3) is 0 Å². The summed E-state index contributed by atoms with van der Waals surface area (Å²) < 4.78 is 0. The van der Waals surface area contributed by atoms with Crippen molar-refractivity contribution in [3.05, 3.63) is 0 Å². The Bertz CT molecular complexity index is 39.4. The number of hydrogen-bond acceptors (Lipinski definition) is 2. The molecular formula is C4H10LiO2+. The van der Waals surface area contributed by atoms with Gasteiger partial charge in [0, 0.05) is 0 Å². The second kappa shape index (κ2) is 3.51. The Morgan fingerprint density at radius 1 is 1.29 bits per heavy atom. The maximum absolute atomic E-state index is 7.90. The van der Waals surface area contributed by atoms with E-state index in [0.717, 1.165) is 0 Å². The van der Waals surface area contributed by atoms with E-state index in [1.54, 1.807) is 20.8 Å². The van der Waals surface area contributed by atoms with Crippen molar-refractivity contribution in [2.75, 3.05) is 0 Å². The quantitative estimate of drug-likeness (QED) is 0.221. The van der Waals surface area contributed by atoms with Gasteiger partial charge < -0.3 is 0 Å². The summed E-state index contributed by atoms with van der Waals surface area (Å²) in [6, 6.07) is 0. The van der Waals surface area contributed by atoms with Crippen LogP contribution in [0.2, 0.25) is 0 Å². The van der Waals surface area contributed by atoms with E-state index in [2.05, 4.69) is 4.89 Å². The molecule has 0 aliphatic carbocycles. The molecule has 7 heavy (non-hydrogen) atoms. The van der Waals surface area contributed by atoms with E-state index in [0.29, 0.717) is 0 Å². The second-order valence-electron chi connectivity index (χ2n) is 2.20. The fourth-order valence-corrected chi connectivity index (χ4v) is 0. The maximum atomic E-state index is 7.90. The largest absolute Gasteiger partial charge is 1.00 e. The van der Waals surface area contributed by atoms with E-state index in [4.69, 9.17) is 5.26 Å². The van der Waals surface area contributed by atoms with Crippen molar-refractivity contribution in [2.24, 2.45) is 0 Å². The van der Waals surface area contributed by atoms with Gasteiger partial charge in [-0.15, -0.1) is 0 Å². The van der Waals surface area contributed by atoms with Crippen LogP contribution in [0.3, 0.4) is 0 Å². The van der Waals surface area contributed by atoms with Gasteiger partial charge in [0.05, 0.1) is 5.60 Å². The second-order valence-corrected chi connectivity index (χ2v) is 2.20. The van der Waals surface area contributed by atoms with Gasteiger partial charge in [-0.25, -0.2) is 4.89 Å². The van der Waals surface area contributed by atoms with Crippen molar-refractivity contribution in [1.82, 2.24) is 0 Å².